The highest BCUT2D eigenvalue weighted by atomic mass is 16.3. The zero-order valence-electron chi connectivity index (χ0n) is 13.6. The average molecular weight is 316 g/mol. The molecule has 1 atom stereocenters. The molecule has 23 heavy (non-hydrogen) atoms. The van der Waals surface area contributed by atoms with E-state index in [0.29, 0.717) is 12.1 Å². The maximum absolute atomic E-state index is 11.8. The smallest absolute Gasteiger partial charge is 0.248 e. The number of amides is 2. The number of aliphatic hydroxyl groups excluding tert-OH is 1. The molecule has 5 heteroatoms. The summed E-state index contributed by atoms with van der Waals surface area (Å²) in [5, 5.41) is 14.6. The van der Waals surface area contributed by atoms with E-state index < -0.39 is 0 Å². The third-order valence-corrected chi connectivity index (χ3v) is 3.22. The van der Waals surface area contributed by atoms with E-state index in [1.165, 1.54) is 6.08 Å². The van der Waals surface area contributed by atoms with Crippen molar-refractivity contribution in [1.82, 2.24) is 5.32 Å². The molecular weight excluding hydrogens is 292 g/mol. The third kappa shape index (κ3) is 7.42. The molecule has 3 N–H and O–H groups in total. The summed E-state index contributed by atoms with van der Waals surface area (Å²) >= 11 is 0. The molecule has 0 saturated heterocycles. The minimum absolute atomic E-state index is 0.0616. The SMILES string of the molecule is CC=C/C=C/C(=O)Nc1ccc(CC(=O)NC(CC)CO)cc1. The summed E-state index contributed by atoms with van der Waals surface area (Å²) in [5.41, 5.74) is 1.52. The van der Waals surface area contributed by atoms with Gasteiger partial charge >= 0.3 is 0 Å². The molecule has 2 amide bonds. The number of anilines is 1. The molecule has 1 rings (SSSR count). The van der Waals surface area contributed by atoms with Crippen LogP contribution in [0.2, 0.25) is 0 Å². The van der Waals surface area contributed by atoms with E-state index in [-0.39, 0.29) is 30.9 Å². The molecule has 124 valence electrons. The molecule has 1 unspecified atom stereocenters. The number of aliphatic hydroxyl groups is 1. The van der Waals surface area contributed by atoms with E-state index in [9.17, 15) is 9.59 Å². The average Bonchev–Trinajstić information content (AvgIpc) is 2.54. The molecule has 1 aromatic rings. The lowest BCUT2D eigenvalue weighted by Gasteiger charge is -2.14. The first-order valence-electron chi connectivity index (χ1n) is 7.68. The lowest BCUT2D eigenvalue weighted by molar-refractivity contribution is -0.121. The number of carbonyl (C=O) groups is 2. The zero-order valence-corrected chi connectivity index (χ0v) is 13.6. The van der Waals surface area contributed by atoms with Gasteiger partial charge < -0.3 is 15.7 Å². The van der Waals surface area contributed by atoms with Crippen LogP contribution in [-0.4, -0.2) is 29.6 Å². The molecule has 0 aromatic heterocycles. The summed E-state index contributed by atoms with van der Waals surface area (Å²) in [4.78, 5) is 23.5. The number of allylic oxidation sites excluding steroid dienone is 3. The standard InChI is InChI=1S/C18H24N2O3/c1-3-5-6-7-17(22)20-16-10-8-14(9-11-16)12-18(23)19-15(4-2)13-21/h3,5-11,15,21H,4,12-13H2,1-2H3,(H,19,23)(H,20,22)/b5-3?,7-6+. The van der Waals surface area contributed by atoms with E-state index in [1.54, 1.807) is 36.4 Å². The van der Waals surface area contributed by atoms with Crippen LogP contribution in [0.4, 0.5) is 5.69 Å². The summed E-state index contributed by atoms with van der Waals surface area (Å²) in [6.07, 6.45) is 7.65. The van der Waals surface area contributed by atoms with Gasteiger partial charge in [-0.25, -0.2) is 0 Å². The minimum atomic E-state index is -0.206. The number of nitrogens with one attached hydrogen (secondary N) is 2. The van der Waals surface area contributed by atoms with Crippen LogP contribution in [0.1, 0.15) is 25.8 Å². The van der Waals surface area contributed by atoms with Crippen LogP contribution in [0.3, 0.4) is 0 Å². The van der Waals surface area contributed by atoms with Crippen molar-refractivity contribution in [2.45, 2.75) is 32.7 Å². The lowest BCUT2D eigenvalue weighted by Crippen LogP contribution is -2.37. The van der Waals surface area contributed by atoms with Crippen molar-refractivity contribution in [2.75, 3.05) is 11.9 Å². The molecule has 0 heterocycles. The molecule has 0 bridgehead atoms. The first-order valence-corrected chi connectivity index (χ1v) is 7.68. The van der Waals surface area contributed by atoms with Crippen LogP contribution in [0.25, 0.3) is 0 Å². The molecule has 0 saturated carbocycles. The Bertz CT molecular complexity index is 558. The van der Waals surface area contributed by atoms with Crippen molar-refractivity contribution < 1.29 is 14.7 Å². The molecule has 5 nitrogen and oxygen atoms in total. The van der Waals surface area contributed by atoms with E-state index >= 15 is 0 Å². The predicted molar refractivity (Wildman–Crippen MR) is 92.0 cm³/mol. The molecule has 0 spiro atoms. The molecule has 0 radical (unpaired) electrons. The number of rotatable bonds is 8. The Morgan fingerprint density at radius 1 is 1.22 bits per heavy atom. The van der Waals surface area contributed by atoms with Crippen molar-refractivity contribution in [3.05, 3.63) is 54.1 Å². The van der Waals surface area contributed by atoms with Crippen molar-refractivity contribution in [1.29, 1.82) is 0 Å². The number of hydrogen-bond donors (Lipinski definition) is 3. The molecular formula is C18H24N2O3. The van der Waals surface area contributed by atoms with Crippen LogP contribution < -0.4 is 10.6 Å². The second kappa shape index (κ2) is 10.3. The van der Waals surface area contributed by atoms with Gasteiger partial charge in [0.1, 0.15) is 0 Å². The molecule has 0 aliphatic rings. The van der Waals surface area contributed by atoms with Crippen LogP contribution in [0, 0.1) is 0 Å². The van der Waals surface area contributed by atoms with Crippen LogP contribution >= 0.6 is 0 Å². The fourth-order valence-electron chi connectivity index (χ4n) is 1.88. The van der Waals surface area contributed by atoms with Gasteiger partial charge in [-0.2, -0.15) is 0 Å². The van der Waals surface area contributed by atoms with E-state index in [1.807, 2.05) is 19.9 Å². The van der Waals surface area contributed by atoms with Crippen LogP contribution in [-0.2, 0) is 16.0 Å². The second-order valence-corrected chi connectivity index (χ2v) is 5.10. The maximum Gasteiger partial charge on any atom is 0.248 e. The normalized spacial score (nSPS) is 12.5. The minimum Gasteiger partial charge on any atom is -0.394 e. The van der Waals surface area contributed by atoms with Gasteiger partial charge in [0.2, 0.25) is 11.8 Å². The van der Waals surface area contributed by atoms with Gasteiger partial charge in [-0.05, 0) is 31.0 Å². The lowest BCUT2D eigenvalue weighted by atomic mass is 10.1. The first-order chi connectivity index (χ1) is 11.1. The van der Waals surface area contributed by atoms with Crippen LogP contribution in [0.5, 0.6) is 0 Å². The summed E-state index contributed by atoms with van der Waals surface area (Å²) in [6, 6.07) is 6.90. The monoisotopic (exact) mass is 316 g/mol. The van der Waals surface area contributed by atoms with Gasteiger partial charge in [0, 0.05) is 11.8 Å². The Balaban J connectivity index is 2.53. The van der Waals surface area contributed by atoms with E-state index in [4.69, 9.17) is 5.11 Å². The predicted octanol–water partition coefficient (Wildman–Crippen LogP) is 2.19. The van der Waals surface area contributed by atoms with E-state index in [0.717, 1.165) is 5.56 Å². The number of benzene rings is 1. The Morgan fingerprint density at radius 2 is 1.91 bits per heavy atom. The number of hydrogen-bond acceptors (Lipinski definition) is 3. The fourth-order valence-corrected chi connectivity index (χ4v) is 1.88. The van der Waals surface area contributed by atoms with Gasteiger partial charge in [0.25, 0.3) is 0 Å². The molecule has 0 fully saturated rings. The van der Waals surface area contributed by atoms with Gasteiger partial charge in [0.05, 0.1) is 19.1 Å². The quantitative estimate of drug-likeness (QED) is 0.508. The van der Waals surface area contributed by atoms with Gasteiger partial charge in [0.15, 0.2) is 0 Å². The Kier molecular flexibility index (Phi) is 8.39. The second-order valence-electron chi connectivity index (χ2n) is 5.10. The third-order valence-electron chi connectivity index (χ3n) is 3.22. The van der Waals surface area contributed by atoms with E-state index in [2.05, 4.69) is 10.6 Å². The Labute approximate surface area is 137 Å². The van der Waals surface area contributed by atoms with Gasteiger partial charge in [-0.3, -0.25) is 9.59 Å². The highest BCUT2D eigenvalue weighted by molar-refractivity contribution is 5.99. The maximum atomic E-state index is 11.8. The van der Waals surface area contributed by atoms with Gasteiger partial charge in [-0.1, -0.05) is 37.3 Å². The fraction of sp³-hybridized carbons (Fsp3) is 0.333. The summed E-state index contributed by atoms with van der Waals surface area (Å²) in [5.74, 6) is -0.334. The largest absolute Gasteiger partial charge is 0.394 e. The Hall–Kier alpha value is -2.40. The first kappa shape index (κ1) is 18.6. The van der Waals surface area contributed by atoms with Crippen molar-refractivity contribution in [2.24, 2.45) is 0 Å². The van der Waals surface area contributed by atoms with Gasteiger partial charge in [-0.15, -0.1) is 0 Å². The zero-order chi connectivity index (χ0) is 17.1. The number of carbonyl (C=O) groups excluding carboxylic acids is 2. The van der Waals surface area contributed by atoms with Crippen LogP contribution in [0.15, 0.2) is 48.6 Å². The molecule has 0 aliphatic carbocycles. The topological polar surface area (TPSA) is 78.4 Å². The van der Waals surface area contributed by atoms with Crippen molar-refractivity contribution >= 4 is 17.5 Å². The highest BCUT2D eigenvalue weighted by Crippen LogP contribution is 2.10. The summed E-state index contributed by atoms with van der Waals surface area (Å²) in [7, 11) is 0. The van der Waals surface area contributed by atoms with Crippen molar-refractivity contribution in [3.63, 3.8) is 0 Å². The summed E-state index contributed by atoms with van der Waals surface area (Å²) in [6.45, 7) is 3.72. The highest BCUT2D eigenvalue weighted by Gasteiger charge is 2.09. The van der Waals surface area contributed by atoms with Crippen molar-refractivity contribution in [3.8, 4) is 0 Å². The summed E-state index contributed by atoms with van der Waals surface area (Å²) < 4.78 is 0. The Morgan fingerprint density at radius 3 is 2.48 bits per heavy atom. The molecule has 1 aromatic carbocycles. The molecule has 0 aliphatic heterocycles.